The van der Waals surface area contributed by atoms with E-state index in [0.29, 0.717) is 44.0 Å². The van der Waals surface area contributed by atoms with Crippen LogP contribution in [0.2, 0.25) is 0 Å². The monoisotopic (exact) mass is 703 g/mol. The number of para-hydroxylation sites is 3. The minimum atomic E-state index is -1.33. The van der Waals surface area contributed by atoms with Crippen LogP contribution in [0.4, 0.5) is 25.0 Å². The Hall–Kier alpha value is -4.47. The van der Waals surface area contributed by atoms with E-state index in [1.54, 1.807) is 23.7 Å². The maximum atomic E-state index is 16.0. The lowest BCUT2D eigenvalue weighted by Crippen LogP contribution is -2.71. The van der Waals surface area contributed by atoms with Gasteiger partial charge in [-0.2, -0.15) is 14.6 Å². The molecule has 14 heteroatoms. The number of carbonyl (C=O) groups excluding carboxylic acids is 1. The molecule has 3 aromatic carbocycles. The molecule has 0 aliphatic carbocycles. The van der Waals surface area contributed by atoms with E-state index in [2.05, 4.69) is 20.3 Å². The van der Waals surface area contributed by atoms with Gasteiger partial charge in [0.15, 0.2) is 0 Å². The highest BCUT2D eigenvalue weighted by atomic mass is 19.1. The molecule has 3 aliphatic heterocycles. The van der Waals surface area contributed by atoms with E-state index in [9.17, 15) is 9.50 Å². The van der Waals surface area contributed by atoms with Gasteiger partial charge in [-0.05, 0) is 43.7 Å². The summed E-state index contributed by atoms with van der Waals surface area (Å²) in [5, 5.41) is 22.8. The lowest BCUT2D eigenvalue weighted by molar-refractivity contribution is -0.0215. The van der Waals surface area contributed by atoms with Crippen LogP contribution in [-0.4, -0.2) is 100 Å². The molecule has 270 valence electrons. The number of nitrogens with one attached hydrogen (secondary N) is 1. The first-order valence-corrected chi connectivity index (χ1v) is 17.5. The van der Waals surface area contributed by atoms with Gasteiger partial charge in [0.05, 0.1) is 25.8 Å². The van der Waals surface area contributed by atoms with E-state index in [0.717, 1.165) is 11.8 Å². The van der Waals surface area contributed by atoms with Crippen molar-refractivity contribution >= 4 is 17.4 Å². The summed E-state index contributed by atoms with van der Waals surface area (Å²) in [7, 11) is 1.60. The largest absolute Gasteiger partial charge is 0.495 e. The molecule has 0 radical (unpaired) electrons. The van der Waals surface area contributed by atoms with Crippen LogP contribution < -0.4 is 19.5 Å². The number of aliphatic hydroxyl groups is 1. The van der Waals surface area contributed by atoms with Gasteiger partial charge < -0.3 is 19.9 Å². The summed E-state index contributed by atoms with van der Waals surface area (Å²) in [5.41, 5.74) is 0.233. The van der Waals surface area contributed by atoms with Crippen LogP contribution >= 0.6 is 0 Å². The highest BCUT2D eigenvalue weighted by Crippen LogP contribution is 2.51. The Morgan fingerprint density at radius 1 is 1.10 bits per heavy atom. The van der Waals surface area contributed by atoms with Crippen LogP contribution in [0.15, 0.2) is 85.5 Å². The number of aliphatic hydroxyl groups excluding tert-OH is 1. The van der Waals surface area contributed by atoms with Gasteiger partial charge in [0, 0.05) is 44.2 Å². The molecule has 0 saturated carbocycles. The lowest BCUT2D eigenvalue weighted by Gasteiger charge is -2.46. The molecule has 3 aliphatic rings. The normalized spacial score (nSPS) is 26.8. The molecule has 4 heterocycles. The number of carbonyl (C=O) groups is 1. The van der Waals surface area contributed by atoms with Gasteiger partial charge in [-0.3, -0.25) is 0 Å². The Bertz CT molecular complexity index is 1810. The van der Waals surface area contributed by atoms with Crippen molar-refractivity contribution in [1.29, 1.82) is 0 Å². The van der Waals surface area contributed by atoms with Crippen molar-refractivity contribution in [1.82, 2.24) is 34.5 Å². The third-order valence-corrected chi connectivity index (χ3v) is 10.6. The number of ether oxygens (including phenoxy) is 2. The minimum absolute atomic E-state index is 0.0633. The van der Waals surface area contributed by atoms with Crippen LogP contribution in [0, 0.1) is 11.6 Å². The second kappa shape index (κ2) is 14.3. The Balaban J connectivity index is 1.49. The zero-order valence-corrected chi connectivity index (χ0v) is 29.1. The molecule has 2 N–H and O–H groups in total. The van der Waals surface area contributed by atoms with Gasteiger partial charge >= 0.3 is 6.03 Å². The van der Waals surface area contributed by atoms with Crippen molar-refractivity contribution in [3.8, 4) is 5.75 Å². The predicted molar refractivity (Wildman–Crippen MR) is 187 cm³/mol. The molecule has 4 aromatic rings. The predicted octanol–water partition coefficient (Wildman–Crippen LogP) is 4.46. The Kier molecular flexibility index (Phi) is 9.78. The van der Waals surface area contributed by atoms with Crippen LogP contribution in [-0.2, 0) is 16.9 Å². The fourth-order valence-corrected chi connectivity index (χ4v) is 8.36. The first-order chi connectivity index (χ1) is 24.7. The topological polar surface area (TPSA) is 108 Å². The number of benzene rings is 3. The number of hydrogen-bond acceptors (Lipinski definition) is 9. The van der Waals surface area contributed by atoms with E-state index in [-0.39, 0.29) is 35.7 Å². The van der Waals surface area contributed by atoms with Crippen LogP contribution in [0.25, 0.3) is 0 Å². The Labute approximate surface area is 296 Å². The fourth-order valence-electron chi connectivity index (χ4n) is 8.36. The van der Waals surface area contributed by atoms with Gasteiger partial charge in [-0.1, -0.05) is 43.3 Å². The molecule has 7 rings (SSSR count). The molecule has 3 fully saturated rings. The molecule has 0 spiro atoms. The number of piperazine rings is 1. The van der Waals surface area contributed by atoms with E-state index in [4.69, 9.17) is 9.47 Å². The fraction of sp³-hybridized carbons (Fsp3) is 0.432. The minimum Gasteiger partial charge on any atom is -0.495 e. The lowest BCUT2D eigenvalue weighted by atomic mass is 9.87. The van der Waals surface area contributed by atoms with Crippen molar-refractivity contribution in [2.45, 2.75) is 63.3 Å². The van der Waals surface area contributed by atoms with Crippen molar-refractivity contribution < 1.29 is 28.2 Å². The van der Waals surface area contributed by atoms with E-state index >= 15 is 9.18 Å². The van der Waals surface area contributed by atoms with Crippen LogP contribution in [0.3, 0.4) is 0 Å². The number of halogens is 2. The first-order valence-electron chi connectivity index (χ1n) is 17.5. The summed E-state index contributed by atoms with van der Waals surface area (Å²) in [4.78, 5) is 22.4. The molecule has 6 atom stereocenters. The van der Waals surface area contributed by atoms with E-state index in [1.165, 1.54) is 24.8 Å². The summed E-state index contributed by atoms with van der Waals surface area (Å²) in [5.74, 6) is -0.874. The van der Waals surface area contributed by atoms with Gasteiger partial charge in [-0.15, -0.1) is 0 Å². The summed E-state index contributed by atoms with van der Waals surface area (Å²) in [6.07, 6.45) is 2.03. The SMILES string of the molecule is CCC([C@H](C)O)N1C(=O)[N+](c2ccccc2)(C2COC(Cn3cncn3)(c3ccc(F)cc3F)C2)C(N2CCNCC2)N1c1ccccc1OC. The van der Waals surface area contributed by atoms with Crippen molar-refractivity contribution in [3.63, 3.8) is 0 Å². The number of hydrogen-bond donors (Lipinski definition) is 2. The third-order valence-electron chi connectivity index (χ3n) is 10.6. The number of nitrogens with zero attached hydrogens (tertiary/aromatic N) is 7. The van der Waals surface area contributed by atoms with Crippen molar-refractivity contribution in [2.75, 3.05) is 44.9 Å². The maximum absolute atomic E-state index is 16.0. The molecular weight excluding hydrogens is 658 g/mol. The van der Waals surface area contributed by atoms with Crippen molar-refractivity contribution in [2.24, 2.45) is 0 Å². The number of aromatic nitrogens is 3. The number of quaternary nitrogens is 1. The van der Waals surface area contributed by atoms with Crippen molar-refractivity contribution in [3.05, 3.63) is 103 Å². The van der Waals surface area contributed by atoms with Gasteiger partial charge in [0.2, 0.25) is 0 Å². The zero-order chi connectivity index (χ0) is 35.8. The smallest absolute Gasteiger partial charge is 0.446 e. The van der Waals surface area contributed by atoms with Crippen LogP contribution in [0.5, 0.6) is 5.75 Å². The summed E-state index contributed by atoms with van der Waals surface area (Å²) >= 11 is 0. The molecule has 3 saturated heterocycles. The van der Waals surface area contributed by atoms with E-state index < -0.39 is 41.7 Å². The number of methoxy groups -OCH3 is 1. The zero-order valence-electron chi connectivity index (χ0n) is 29.1. The molecule has 5 unspecified atom stereocenters. The summed E-state index contributed by atoms with van der Waals surface area (Å²) in [6.45, 7) is 6.46. The Morgan fingerprint density at radius 3 is 2.51 bits per heavy atom. The van der Waals surface area contributed by atoms with Gasteiger partial charge in [0.25, 0.3) is 6.29 Å². The molecule has 0 bridgehead atoms. The second-order valence-corrected chi connectivity index (χ2v) is 13.5. The maximum Gasteiger partial charge on any atom is 0.446 e. The summed E-state index contributed by atoms with van der Waals surface area (Å²) in [6, 6.07) is 19.3. The number of rotatable bonds is 11. The number of urea groups is 1. The quantitative estimate of drug-likeness (QED) is 0.219. The summed E-state index contributed by atoms with van der Waals surface area (Å²) < 4.78 is 44.3. The molecular formula is C37H45F2N8O4+. The number of anilines is 1. The third kappa shape index (κ3) is 5.94. The second-order valence-electron chi connectivity index (χ2n) is 13.5. The van der Waals surface area contributed by atoms with Crippen LogP contribution in [0.1, 0.15) is 32.3 Å². The van der Waals surface area contributed by atoms with Gasteiger partial charge in [0.1, 0.15) is 59.7 Å². The van der Waals surface area contributed by atoms with Gasteiger partial charge in [-0.25, -0.2) is 33.1 Å². The molecule has 51 heavy (non-hydrogen) atoms. The Morgan fingerprint density at radius 2 is 1.84 bits per heavy atom. The number of hydrazine groups is 1. The number of amides is 2. The standard InChI is InChI=1S/C37H45F2N8O4/c1-4-32(26(2)48)46-36(49)47(28-10-6-5-7-11-28,35(43-18-16-40-17-19-43)45(46)33-12-8-9-13-34(33)50-3)29-21-37(51-22-29,23-44-25-41-24-42-44)30-15-14-27(38)20-31(30)39/h5-15,20,24-26,29,32,35,40,48H,4,16-19,21-23H2,1-3H3/q+1/t26-,29?,32?,35?,37?,47?/m0/s1. The molecule has 2 amide bonds. The first kappa shape index (κ1) is 35.0. The van der Waals surface area contributed by atoms with E-state index in [1.807, 2.05) is 66.5 Å². The highest BCUT2D eigenvalue weighted by Gasteiger charge is 2.70. The average molecular weight is 704 g/mol. The highest BCUT2D eigenvalue weighted by molar-refractivity contribution is 5.94. The molecule has 1 aromatic heterocycles. The molecule has 12 nitrogen and oxygen atoms in total. The average Bonchev–Trinajstić information content (AvgIpc) is 3.88.